The van der Waals surface area contributed by atoms with E-state index in [0.29, 0.717) is 17.2 Å². The van der Waals surface area contributed by atoms with Crippen LogP contribution in [0.5, 0.6) is 5.75 Å². The second kappa shape index (κ2) is 7.80. The molecule has 2 N–H and O–H groups in total. The average molecular weight is 460 g/mol. The largest absolute Gasteiger partial charge is 0.487 e. The van der Waals surface area contributed by atoms with Gasteiger partial charge in [0, 0.05) is 38.7 Å². The van der Waals surface area contributed by atoms with Crippen LogP contribution < -0.4 is 10.1 Å². The maximum absolute atomic E-state index is 10.2. The summed E-state index contributed by atoms with van der Waals surface area (Å²) in [4.78, 5) is 9.45. The number of aliphatic hydroxyl groups is 1. The maximum Gasteiger partial charge on any atom is 0.163 e. The standard InChI is InChI=1S/C23H25N9O2/c1-30-21(9-16(29-30)15-8-7-13-11-24-31(2)22(13)26-15)27-20-10-19(34-18-6-4-5-17(18)33)14-12-25-32(3)23(14)28-20/h7-12,17-18,33H,4-6H2,1-3H3,(H,27,28)/t17-,18-/m0/s1. The van der Waals surface area contributed by atoms with Gasteiger partial charge in [-0.3, -0.25) is 14.0 Å². The summed E-state index contributed by atoms with van der Waals surface area (Å²) in [5.41, 5.74) is 2.99. The molecular formula is C23H25N9O2. The van der Waals surface area contributed by atoms with Crippen molar-refractivity contribution in [1.82, 2.24) is 39.3 Å². The Balaban J connectivity index is 1.34. The van der Waals surface area contributed by atoms with Gasteiger partial charge in [0.1, 0.15) is 29.2 Å². The van der Waals surface area contributed by atoms with E-state index < -0.39 is 6.10 Å². The Labute approximate surface area is 195 Å². The van der Waals surface area contributed by atoms with E-state index in [0.717, 1.165) is 52.9 Å². The van der Waals surface area contributed by atoms with Gasteiger partial charge in [-0.1, -0.05) is 0 Å². The number of pyridine rings is 2. The van der Waals surface area contributed by atoms with E-state index in [1.807, 2.05) is 45.4 Å². The second-order valence-electron chi connectivity index (χ2n) is 8.71. The highest BCUT2D eigenvalue weighted by Gasteiger charge is 2.28. The summed E-state index contributed by atoms with van der Waals surface area (Å²) in [5.74, 6) is 2.00. The SMILES string of the molecule is Cn1nc(-c2ccc3cnn(C)c3n2)cc1Nc1cc(O[C@H]2CCC[C@@H]2O)c2cnn(C)c2n1. The fourth-order valence-electron chi connectivity index (χ4n) is 4.46. The summed E-state index contributed by atoms with van der Waals surface area (Å²) in [6.07, 6.45) is 5.39. The average Bonchev–Trinajstić information content (AvgIpc) is 3.59. The number of aliphatic hydroxyl groups excluding tert-OH is 1. The molecule has 5 aromatic heterocycles. The summed E-state index contributed by atoms with van der Waals surface area (Å²) in [5, 5.41) is 28.6. The normalized spacial score (nSPS) is 18.2. The van der Waals surface area contributed by atoms with E-state index in [9.17, 15) is 5.11 Å². The van der Waals surface area contributed by atoms with Crippen LogP contribution >= 0.6 is 0 Å². The topological polar surface area (TPSA) is 121 Å². The predicted octanol–water partition coefficient (Wildman–Crippen LogP) is 2.69. The van der Waals surface area contributed by atoms with Crippen molar-refractivity contribution in [3.8, 4) is 17.1 Å². The van der Waals surface area contributed by atoms with Crippen molar-refractivity contribution in [3.05, 3.63) is 36.7 Å². The number of fused-ring (bicyclic) bond motifs is 2. The molecule has 1 fully saturated rings. The monoisotopic (exact) mass is 459 g/mol. The first-order valence-corrected chi connectivity index (χ1v) is 11.2. The minimum Gasteiger partial charge on any atom is -0.487 e. The number of rotatable bonds is 5. The molecule has 6 rings (SSSR count). The molecule has 0 spiro atoms. The lowest BCUT2D eigenvalue weighted by atomic mass is 10.2. The summed E-state index contributed by atoms with van der Waals surface area (Å²) < 4.78 is 11.4. The molecule has 11 heteroatoms. The number of aromatic nitrogens is 8. The Bertz CT molecular complexity index is 1520. The number of nitrogens with zero attached hydrogens (tertiary/aromatic N) is 8. The molecule has 11 nitrogen and oxygen atoms in total. The van der Waals surface area contributed by atoms with Crippen LogP contribution in [-0.2, 0) is 21.1 Å². The van der Waals surface area contributed by atoms with E-state index in [-0.39, 0.29) is 6.10 Å². The van der Waals surface area contributed by atoms with Gasteiger partial charge in [-0.25, -0.2) is 9.97 Å². The van der Waals surface area contributed by atoms with Crippen LogP contribution in [0.2, 0.25) is 0 Å². The first-order chi connectivity index (χ1) is 16.5. The van der Waals surface area contributed by atoms with Crippen LogP contribution in [0, 0.1) is 0 Å². The van der Waals surface area contributed by atoms with Gasteiger partial charge in [-0.2, -0.15) is 15.3 Å². The number of nitrogens with one attached hydrogen (secondary N) is 1. The highest BCUT2D eigenvalue weighted by molar-refractivity contribution is 5.85. The van der Waals surface area contributed by atoms with Crippen molar-refractivity contribution in [2.24, 2.45) is 21.1 Å². The van der Waals surface area contributed by atoms with Crippen molar-refractivity contribution in [3.63, 3.8) is 0 Å². The van der Waals surface area contributed by atoms with E-state index in [1.165, 1.54) is 0 Å². The molecule has 0 bridgehead atoms. The molecule has 5 heterocycles. The molecule has 5 aromatic rings. The van der Waals surface area contributed by atoms with Gasteiger partial charge in [0.2, 0.25) is 0 Å². The quantitative estimate of drug-likeness (QED) is 0.412. The van der Waals surface area contributed by atoms with Crippen molar-refractivity contribution in [1.29, 1.82) is 0 Å². The maximum atomic E-state index is 10.2. The number of ether oxygens (including phenoxy) is 1. The Kier molecular flexibility index (Phi) is 4.73. The first-order valence-electron chi connectivity index (χ1n) is 11.2. The van der Waals surface area contributed by atoms with Crippen LogP contribution in [0.4, 0.5) is 11.6 Å². The highest BCUT2D eigenvalue weighted by Crippen LogP contribution is 2.33. The third kappa shape index (κ3) is 3.45. The van der Waals surface area contributed by atoms with Crippen molar-refractivity contribution < 1.29 is 9.84 Å². The Hall–Kier alpha value is -3.99. The molecule has 0 saturated heterocycles. The van der Waals surface area contributed by atoms with Crippen LogP contribution in [0.1, 0.15) is 19.3 Å². The van der Waals surface area contributed by atoms with Gasteiger partial charge in [-0.05, 0) is 31.4 Å². The smallest absolute Gasteiger partial charge is 0.163 e. The van der Waals surface area contributed by atoms with Crippen LogP contribution in [0.15, 0.2) is 36.7 Å². The third-order valence-electron chi connectivity index (χ3n) is 6.34. The zero-order valence-corrected chi connectivity index (χ0v) is 19.2. The predicted molar refractivity (Wildman–Crippen MR) is 127 cm³/mol. The molecule has 1 aliphatic rings. The van der Waals surface area contributed by atoms with Crippen LogP contribution in [0.3, 0.4) is 0 Å². The zero-order valence-electron chi connectivity index (χ0n) is 19.2. The van der Waals surface area contributed by atoms with Gasteiger partial charge in [0.15, 0.2) is 11.3 Å². The Morgan fingerprint density at radius 1 is 0.941 bits per heavy atom. The lowest BCUT2D eigenvalue weighted by Gasteiger charge is -2.18. The van der Waals surface area contributed by atoms with Gasteiger partial charge >= 0.3 is 0 Å². The molecule has 0 amide bonds. The van der Waals surface area contributed by atoms with E-state index in [1.54, 1.807) is 26.4 Å². The molecule has 0 radical (unpaired) electrons. The molecule has 1 saturated carbocycles. The zero-order chi connectivity index (χ0) is 23.4. The summed E-state index contributed by atoms with van der Waals surface area (Å²) >= 11 is 0. The summed E-state index contributed by atoms with van der Waals surface area (Å²) in [7, 11) is 5.58. The van der Waals surface area contributed by atoms with Crippen molar-refractivity contribution in [2.75, 3.05) is 5.32 Å². The van der Waals surface area contributed by atoms with Gasteiger partial charge in [0.05, 0.1) is 29.6 Å². The summed E-state index contributed by atoms with van der Waals surface area (Å²) in [6.45, 7) is 0. The van der Waals surface area contributed by atoms with E-state index >= 15 is 0 Å². The third-order valence-corrected chi connectivity index (χ3v) is 6.34. The first kappa shape index (κ1) is 20.6. The fraction of sp³-hybridized carbons (Fsp3) is 0.348. The number of anilines is 2. The lowest BCUT2D eigenvalue weighted by Crippen LogP contribution is -2.25. The number of hydrogen-bond donors (Lipinski definition) is 2. The second-order valence-corrected chi connectivity index (χ2v) is 8.71. The minimum atomic E-state index is -0.458. The molecule has 174 valence electrons. The summed E-state index contributed by atoms with van der Waals surface area (Å²) in [6, 6.07) is 7.71. The van der Waals surface area contributed by atoms with E-state index in [2.05, 4.69) is 20.6 Å². The molecule has 1 aliphatic carbocycles. The molecule has 0 unspecified atom stereocenters. The lowest BCUT2D eigenvalue weighted by molar-refractivity contribution is 0.0614. The highest BCUT2D eigenvalue weighted by atomic mass is 16.5. The van der Waals surface area contributed by atoms with Crippen LogP contribution in [0.25, 0.3) is 33.5 Å². The van der Waals surface area contributed by atoms with Crippen molar-refractivity contribution in [2.45, 2.75) is 31.5 Å². The van der Waals surface area contributed by atoms with Gasteiger partial charge in [-0.15, -0.1) is 0 Å². The van der Waals surface area contributed by atoms with E-state index in [4.69, 9.17) is 14.7 Å². The molecule has 0 aromatic carbocycles. The molecule has 2 atom stereocenters. The Morgan fingerprint density at radius 2 is 1.76 bits per heavy atom. The number of aryl methyl sites for hydroxylation is 3. The Morgan fingerprint density at radius 3 is 2.59 bits per heavy atom. The van der Waals surface area contributed by atoms with Gasteiger partial charge in [0.25, 0.3) is 0 Å². The number of hydrogen-bond acceptors (Lipinski definition) is 8. The minimum absolute atomic E-state index is 0.227. The molecule has 34 heavy (non-hydrogen) atoms. The van der Waals surface area contributed by atoms with Crippen LogP contribution in [-0.4, -0.2) is 56.6 Å². The fourth-order valence-corrected chi connectivity index (χ4v) is 4.46. The molecule has 0 aliphatic heterocycles. The molecular weight excluding hydrogens is 434 g/mol. The van der Waals surface area contributed by atoms with Gasteiger partial charge < -0.3 is 15.2 Å². The van der Waals surface area contributed by atoms with Crippen molar-refractivity contribution >= 4 is 33.7 Å².